The Bertz CT molecular complexity index is 743. The van der Waals surface area contributed by atoms with Gasteiger partial charge in [-0.15, -0.1) is 12.4 Å². The summed E-state index contributed by atoms with van der Waals surface area (Å²) in [4.78, 5) is 12.7. The maximum absolute atomic E-state index is 12.7. The fourth-order valence-electron chi connectivity index (χ4n) is 3.33. The van der Waals surface area contributed by atoms with Crippen LogP contribution in [0.25, 0.3) is 0 Å². The van der Waals surface area contributed by atoms with Crippen LogP contribution < -0.4 is 15.4 Å². The van der Waals surface area contributed by atoms with Gasteiger partial charge in [0.25, 0.3) is 0 Å². The normalized spacial score (nSPS) is 19.3. The first-order valence-electron chi connectivity index (χ1n) is 8.92. The molecule has 3 rings (SSSR count). The van der Waals surface area contributed by atoms with Gasteiger partial charge in [-0.1, -0.05) is 30.3 Å². The lowest BCUT2D eigenvalue weighted by molar-refractivity contribution is -0.120. The van der Waals surface area contributed by atoms with Gasteiger partial charge in [-0.2, -0.15) is 0 Å². The van der Waals surface area contributed by atoms with Gasteiger partial charge in [0.2, 0.25) is 5.91 Å². The third-order valence-corrected chi connectivity index (χ3v) is 4.76. The minimum Gasteiger partial charge on any atom is -0.455 e. The van der Waals surface area contributed by atoms with Crippen LogP contribution in [0.5, 0.6) is 11.5 Å². The molecule has 0 aromatic heterocycles. The first-order chi connectivity index (χ1) is 12.0. The van der Waals surface area contributed by atoms with Gasteiger partial charge >= 0.3 is 0 Å². The molecule has 4 nitrogen and oxygen atoms in total. The number of hydrogen-bond acceptors (Lipinski definition) is 3. The second-order valence-electron chi connectivity index (χ2n) is 6.88. The van der Waals surface area contributed by atoms with Crippen LogP contribution in [-0.2, 0) is 4.79 Å². The first kappa shape index (κ1) is 20.3. The Hall–Kier alpha value is -2.04. The zero-order valence-corrected chi connectivity index (χ0v) is 16.4. The molecule has 1 fully saturated rings. The van der Waals surface area contributed by atoms with Crippen molar-refractivity contribution in [3.63, 3.8) is 0 Å². The molecule has 0 bridgehead atoms. The third kappa shape index (κ3) is 4.77. The predicted molar refractivity (Wildman–Crippen MR) is 108 cm³/mol. The second-order valence-corrected chi connectivity index (χ2v) is 6.88. The number of anilines is 1. The molecule has 1 saturated heterocycles. The van der Waals surface area contributed by atoms with Gasteiger partial charge < -0.3 is 15.4 Å². The number of benzene rings is 2. The Balaban J connectivity index is 0.00000243. The van der Waals surface area contributed by atoms with Crippen molar-refractivity contribution in [3.8, 4) is 11.5 Å². The van der Waals surface area contributed by atoms with E-state index in [0.717, 1.165) is 42.0 Å². The summed E-state index contributed by atoms with van der Waals surface area (Å²) < 4.78 is 6.15. The molecule has 0 aliphatic carbocycles. The number of aryl methyl sites for hydroxylation is 2. The molecule has 1 heterocycles. The summed E-state index contributed by atoms with van der Waals surface area (Å²) in [5.74, 6) is 1.64. The second kappa shape index (κ2) is 9.06. The zero-order chi connectivity index (χ0) is 17.8. The predicted octanol–water partition coefficient (Wildman–Crippen LogP) is 4.84. The van der Waals surface area contributed by atoms with Gasteiger partial charge in [-0.05, 0) is 63.4 Å². The fraction of sp³-hybridized carbons (Fsp3) is 0.381. The summed E-state index contributed by atoms with van der Waals surface area (Å²) in [5.41, 5.74) is 2.88. The molecule has 0 radical (unpaired) electrons. The molecule has 1 amide bonds. The number of ether oxygens (including phenoxy) is 1. The summed E-state index contributed by atoms with van der Waals surface area (Å²) in [6.45, 7) is 7.07. The summed E-state index contributed by atoms with van der Waals surface area (Å²) in [7, 11) is 0. The number of carbonyl (C=O) groups excluding carboxylic acids is 1. The smallest absolute Gasteiger partial charge is 0.227 e. The van der Waals surface area contributed by atoms with Crippen LogP contribution in [0.2, 0.25) is 0 Å². The lowest BCUT2D eigenvalue weighted by atomic mass is 9.92. The van der Waals surface area contributed by atoms with Crippen molar-refractivity contribution in [3.05, 3.63) is 53.6 Å². The number of amides is 1. The minimum absolute atomic E-state index is 0. The van der Waals surface area contributed by atoms with Gasteiger partial charge in [0.1, 0.15) is 5.75 Å². The highest BCUT2D eigenvalue weighted by Crippen LogP contribution is 2.33. The number of nitrogens with one attached hydrogen (secondary N) is 2. The fourth-order valence-corrected chi connectivity index (χ4v) is 3.33. The van der Waals surface area contributed by atoms with Crippen LogP contribution in [0.1, 0.15) is 30.9 Å². The van der Waals surface area contributed by atoms with Crippen LogP contribution >= 0.6 is 12.4 Å². The number of para-hydroxylation sites is 3. The van der Waals surface area contributed by atoms with E-state index >= 15 is 0 Å². The maximum Gasteiger partial charge on any atom is 0.227 e. The van der Waals surface area contributed by atoms with E-state index in [1.807, 2.05) is 56.3 Å². The minimum atomic E-state index is 0. The molecule has 2 aromatic carbocycles. The standard InChI is InChI=1S/C21H26N2O2.ClH/c1-14-7-6-8-15(2)20(14)25-19-10-5-4-9-18(19)23-21(24)17-11-12-22-16(3)13-17;/h4-10,16-17,22H,11-13H2,1-3H3,(H,23,24);1H/t16-,17-;/m0./s1. The molecule has 0 saturated carbocycles. The van der Waals surface area contributed by atoms with Crippen molar-refractivity contribution >= 4 is 24.0 Å². The van der Waals surface area contributed by atoms with E-state index in [9.17, 15) is 4.79 Å². The molecule has 140 valence electrons. The zero-order valence-electron chi connectivity index (χ0n) is 15.5. The maximum atomic E-state index is 12.7. The lowest BCUT2D eigenvalue weighted by Crippen LogP contribution is -2.40. The van der Waals surface area contributed by atoms with Crippen molar-refractivity contribution < 1.29 is 9.53 Å². The molecule has 2 atom stereocenters. The van der Waals surface area contributed by atoms with E-state index in [0.29, 0.717) is 11.8 Å². The Labute approximate surface area is 161 Å². The highest BCUT2D eigenvalue weighted by atomic mass is 35.5. The Morgan fingerprint density at radius 3 is 2.50 bits per heavy atom. The molecule has 0 unspecified atom stereocenters. The van der Waals surface area contributed by atoms with Gasteiger partial charge in [0.15, 0.2) is 5.75 Å². The van der Waals surface area contributed by atoms with Gasteiger partial charge in [-0.25, -0.2) is 0 Å². The van der Waals surface area contributed by atoms with E-state index in [1.165, 1.54) is 0 Å². The summed E-state index contributed by atoms with van der Waals surface area (Å²) >= 11 is 0. The molecule has 26 heavy (non-hydrogen) atoms. The number of hydrogen-bond donors (Lipinski definition) is 2. The molecule has 0 spiro atoms. The lowest BCUT2D eigenvalue weighted by Gasteiger charge is -2.27. The Morgan fingerprint density at radius 2 is 1.81 bits per heavy atom. The van der Waals surface area contributed by atoms with E-state index in [2.05, 4.69) is 17.6 Å². The number of rotatable bonds is 4. The highest BCUT2D eigenvalue weighted by Gasteiger charge is 2.25. The van der Waals surface area contributed by atoms with Gasteiger partial charge in [0, 0.05) is 12.0 Å². The van der Waals surface area contributed by atoms with Crippen LogP contribution in [-0.4, -0.2) is 18.5 Å². The number of carbonyl (C=O) groups is 1. The van der Waals surface area contributed by atoms with Crippen molar-refractivity contribution in [2.24, 2.45) is 5.92 Å². The molecule has 1 aliphatic rings. The first-order valence-corrected chi connectivity index (χ1v) is 8.92. The largest absolute Gasteiger partial charge is 0.455 e. The molecular weight excluding hydrogens is 348 g/mol. The number of halogens is 1. The summed E-state index contributed by atoms with van der Waals surface area (Å²) in [5, 5.41) is 6.45. The topological polar surface area (TPSA) is 50.4 Å². The van der Waals surface area contributed by atoms with Crippen molar-refractivity contribution in [1.82, 2.24) is 5.32 Å². The molecule has 2 N–H and O–H groups in total. The number of piperidine rings is 1. The SMILES string of the molecule is Cc1cccc(C)c1Oc1ccccc1NC(=O)[C@H]1CCN[C@@H](C)C1.Cl. The summed E-state index contributed by atoms with van der Waals surface area (Å²) in [6, 6.07) is 14.1. The molecular formula is C21H27ClN2O2. The van der Waals surface area contributed by atoms with E-state index in [-0.39, 0.29) is 24.2 Å². The molecule has 1 aliphatic heterocycles. The Morgan fingerprint density at radius 1 is 1.12 bits per heavy atom. The quantitative estimate of drug-likeness (QED) is 0.804. The molecule has 2 aromatic rings. The molecule has 5 heteroatoms. The van der Waals surface area contributed by atoms with Crippen LogP contribution in [0, 0.1) is 19.8 Å². The van der Waals surface area contributed by atoms with Gasteiger partial charge in [0.05, 0.1) is 5.69 Å². The van der Waals surface area contributed by atoms with Crippen LogP contribution in [0.15, 0.2) is 42.5 Å². The van der Waals surface area contributed by atoms with Crippen molar-refractivity contribution in [1.29, 1.82) is 0 Å². The third-order valence-electron chi connectivity index (χ3n) is 4.76. The van der Waals surface area contributed by atoms with Crippen LogP contribution in [0.3, 0.4) is 0 Å². The average molecular weight is 375 g/mol. The van der Waals surface area contributed by atoms with Gasteiger partial charge in [-0.3, -0.25) is 4.79 Å². The Kier molecular flexibility index (Phi) is 7.06. The monoisotopic (exact) mass is 374 g/mol. The average Bonchev–Trinajstić information content (AvgIpc) is 2.59. The van der Waals surface area contributed by atoms with Crippen molar-refractivity contribution in [2.45, 2.75) is 39.7 Å². The van der Waals surface area contributed by atoms with E-state index < -0.39 is 0 Å². The van der Waals surface area contributed by atoms with E-state index in [1.54, 1.807) is 0 Å². The van der Waals surface area contributed by atoms with Crippen LogP contribution in [0.4, 0.5) is 5.69 Å². The van der Waals surface area contributed by atoms with E-state index in [4.69, 9.17) is 4.74 Å². The highest BCUT2D eigenvalue weighted by molar-refractivity contribution is 5.94. The summed E-state index contributed by atoms with van der Waals surface area (Å²) in [6.07, 6.45) is 1.74. The van der Waals surface area contributed by atoms with Crippen molar-refractivity contribution in [2.75, 3.05) is 11.9 Å².